The SMILES string of the molecule is O=S(=O)(Nc1ccccc1OCC(F)(F)F)c1cc(F)cc(F)c1. The monoisotopic (exact) mass is 367 g/mol. The Morgan fingerprint density at radius 3 is 2.17 bits per heavy atom. The fraction of sp³-hybridized carbons (Fsp3) is 0.143. The van der Waals surface area contributed by atoms with Crippen molar-refractivity contribution in [3.8, 4) is 5.75 Å². The van der Waals surface area contributed by atoms with E-state index in [-0.39, 0.29) is 11.4 Å². The smallest absolute Gasteiger partial charge is 0.422 e. The maximum Gasteiger partial charge on any atom is 0.422 e. The minimum atomic E-state index is -4.61. The average molecular weight is 367 g/mol. The molecule has 0 saturated carbocycles. The lowest BCUT2D eigenvalue weighted by atomic mass is 10.3. The Kier molecular flexibility index (Phi) is 4.97. The van der Waals surface area contributed by atoms with Gasteiger partial charge in [0.15, 0.2) is 6.61 Å². The van der Waals surface area contributed by atoms with E-state index in [1.807, 2.05) is 4.72 Å². The van der Waals surface area contributed by atoms with Gasteiger partial charge in [-0.3, -0.25) is 4.72 Å². The quantitative estimate of drug-likeness (QED) is 0.820. The van der Waals surface area contributed by atoms with Crippen molar-refractivity contribution in [2.24, 2.45) is 0 Å². The summed E-state index contributed by atoms with van der Waals surface area (Å²) < 4.78 is 93.7. The number of anilines is 1. The van der Waals surface area contributed by atoms with E-state index in [1.54, 1.807) is 0 Å². The van der Waals surface area contributed by atoms with Crippen molar-refractivity contribution in [3.63, 3.8) is 0 Å². The first-order valence-electron chi connectivity index (χ1n) is 6.34. The van der Waals surface area contributed by atoms with Crippen LogP contribution >= 0.6 is 0 Å². The van der Waals surface area contributed by atoms with Gasteiger partial charge < -0.3 is 4.74 Å². The highest BCUT2D eigenvalue weighted by atomic mass is 32.2. The number of para-hydroxylation sites is 2. The van der Waals surface area contributed by atoms with Gasteiger partial charge in [0.05, 0.1) is 10.6 Å². The molecule has 0 aliphatic carbocycles. The molecule has 0 amide bonds. The van der Waals surface area contributed by atoms with Gasteiger partial charge in [-0.15, -0.1) is 0 Å². The summed E-state index contributed by atoms with van der Waals surface area (Å²) in [6, 6.07) is 6.60. The first-order valence-corrected chi connectivity index (χ1v) is 7.83. The number of halogens is 5. The van der Waals surface area contributed by atoms with Crippen LogP contribution in [0.1, 0.15) is 0 Å². The molecular weight excluding hydrogens is 357 g/mol. The largest absolute Gasteiger partial charge is 0.482 e. The van der Waals surface area contributed by atoms with E-state index in [9.17, 15) is 30.4 Å². The summed E-state index contributed by atoms with van der Waals surface area (Å²) in [6.07, 6.45) is -4.61. The highest BCUT2D eigenvalue weighted by Crippen LogP contribution is 2.28. The van der Waals surface area contributed by atoms with Crippen LogP contribution in [0.15, 0.2) is 47.4 Å². The van der Waals surface area contributed by atoms with Gasteiger partial charge in [-0.1, -0.05) is 12.1 Å². The number of hydrogen-bond donors (Lipinski definition) is 1. The molecule has 0 saturated heterocycles. The normalized spacial score (nSPS) is 12.0. The Labute approximate surface area is 133 Å². The molecule has 4 nitrogen and oxygen atoms in total. The zero-order valence-corrected chi connectivity index (χ0v) is 12.6. The lowest BCUT2D eigenvalue weighted by Gasteiger charge is -2.14. The van der Waals surface area contributed by atoms with E-state index in [4.69, 9.17) is 0 Å². The van der Waals surface area contributed by atoms with Crippen molar-refractivity contribution in [2.45, 2.75) is 11.1 Å². The second kappa shape index (κ2) is 6.63. The summed E-state index contributed by atoms with van der Waals surface area (Å²) in [7, 11) is -4.43. The van der Waals surface area contributed by atoms with Crippen molar-refractivity contribution < 1.29 is 35.1 Å². The highest BCUT2D eigenvalue weighted by Gasteiger charge is 2.29. The Hall–Kier alpha value is -2.36. The molecule has 0 aliphatic heterocycles. The summed E-state index contributed by atoms with van der Waals surface area (Å²) in [5.41, 5.74) is -0.300. The molecule has 0 bridgehead atoms. The Morgan fingerprint density at radius 2 is 1.58 bits per heavy atom. The Bertz CT molecular complexity index is 816. The maximum atomic E-state index is 13.1. The van der Waals surface area contributed by atoms with Crippen LogP contribution in [0, 0.1) is 11.6 Å². The number of nitrogens with one attached hydrogen (secondary N) is 1. The summed E-state index contributed by atoms with van der Waals surface area (Å²) in [6.45, 7) is -1.62. The van der Waals surface area contributed by atoms with Gasteiger partial charge in [0.2, 0.25) is 0 Å². The van der Waals surface area contributed by atoms with E-state index < -0.39 is 39.3 Å². The Morgan fingerprint density at radius 1 is 1.00 bits per heavy atom. The third kappa shape index (κ3) is 4.82. The van der Waals surface area contributed by atoms with Gasteiger partial charge in [-0.25, -0.2) is 17.2 Å². The molecule has 0 unspecified atom stereocenters. The summed E-state index contributed by atoms with van der Waals surface area (Å²) >= 11 is 0. The van der Waals surface area contributed by atoms with Crippen molar-refractivity contribution in [3.05, 3.63) is 54.1 Å². The number of hydrogen-bond acceptors (Lipinski definition) is 3. The maximum absolute atomic E-state index is 13.1. The molecule has 0 fully saturated rings. The molecule has 2 rings (SSSR count). The van der Waals surface area contributed by atoms with Crippen molar-refractivity contribution in [1.82, 2.24) is 0 Å². The van der Waals surface area contributed by atoms with E-state index in [1.165, 1.54) is 12.1 Å². The molecule has 0 heterocycles. The zero-order valence-electron chi connectivity index (χ0n) is 11.8. The zero-order chi connectivity index (χ0) is 18.0. The number of benzene rings is 2. The molecule has 0 atom stereocenters. The van der Waals surface area contributed by atoms with Gasteiger partial charge in [0.1, 0.15) is 17.4 Å². The average Bonchev–Trinajstić information content (AvgIpc) is 2.44. The lowest BCUT2D eigenvalue weighted by Crippen LogP contribution is -2.20. The predicted octanol–water partition coefficient (Wildman–Crippen LogP) is 3.71. The second-order valence-corrected chi connectivity index (χ2v) is 6.29. The highest BCUT2D eigenvalue weighted by molar-refractivity contribution is 7.92. The van der Waals surface area contributed by atoms with Crippen LogP contribution in [0.25, 0.3) is 0 Å². The molecule has 10 heteroatoms. The molecular formula is C14H10F5NO3S. The van der Waals surface area contributed by atoms with E-state index in [0.29, 0.717) is 18.2 Å². The fourth-order valence-corrected chi connectivity index (χ4v) is 2.84. The van der Waals surface area contributed by atoms with Crippen LogP contribution < -0.4 is 9.46 Å². The van der Waals surface area contributed by atoms with Gasteiger partial charge in [-0.05, 0) is 24.3 Å². The minimum absolute atomic E-state index is 0.300. The predicted molar refractivity (Wildman–Crippen MR) is 75.2 cm³/mol. The first kappa shape index (κ1) is 18.0. The van der Waals surface area contributed by atoms with Crippen LogP contribution in [0.4, 0.5) is 27.6 Å². The minimum Gasteiger partial charge on any atom is -0.482 e. The second-order valence-electron chi connectivity index (χ2n) is 4.61. The molecule has 2 aromatic rings. The van der Waals surface area contributed by atoms with Crippen LogP contribution in [-0.2, 0) is 10.0 Å². The summed E-state index contributed by atoms with van der Waals surface area (Å²) in [5.74, 6) is -2.61. The molecule has 0 radical (unpaired) electrons. The topological polar surface area (TPSA) is 55.4 Å². The number of ether oxygens (including phenoxy) is 1. The van der Waals surface area contributed by atoms with E-state index in [0.717, 1.165) is 12.1 Å². The number of rotatable bonds is 5. The van der Waals surface area contributed by atoms with Crippen molar-refractivity contribution in [2.75, 3.05) is 11.3 Å². The first-order chi connectivity index (χ1) is 11.1. The van der Waals surface area contributed by atoms with Gasteiger partial charge >= 0.3 is 6.18 Å². The van der Waals surface area contributed by atoms with Crippen LogP contribution in [0.2, 0.25) is 0 Å². The van der Waals surface area contributed by atoms with Gasteiger partial charge in [-0.2, -0.15) is 13.2 Å². The van der Waals surface area contributed by atoms with Crippen LogP contribution in [0.5, 0.6) is 5.75 Å². The van der Waals surface area contributed by atoms with Gasteiger partial charge in [0.25, 0.3) is 10.0 Å². The molecule has 0 spiro atoms. The van der Waals surface area contributed by atoms with Crippen molar-refractivity contribution in [1.29, 1.82) is 0 Å². The lowest BCUT2D eigenvalue weighted by molar-refractivity contribution is -0.153. The number of alkyl halides is 3. The Balaban J connectivity index is 2.30. The summed E-state index contributed by atoms with van der Waals surface area (Å²) in [5, 5.41) is 0. The molecule has 0 aromatic heterocycles. The van der Waals surface area contributed by atoms with E-state index >= 15 is 0 Å². The van der Waals surface area contributed by atoms with Crippen molar-refractivity contribution >= 4 is 15.7 Å². The molecule has 24 heavy (non-hydrogen) atoms. The fourth-order valence-electron chi connectivity index (χ4n) is 1.72. The molecule has 0 aliphatic rings. The summed E-state index contributed by atoms with van der Waals surface area (Å²) in [4.78, 5) is -0.717. The van der Waals surface area contributed by atoms with E-state index in [2.05, 4.69) is 4.74 Å². The van der Waals surface area contributed by atoms with Crippen LogP contribution in [-0.4, -0.2) is 21.2 Å². The third-order valence-electron chi connectivity index (χ3n) is 2.67. The van der Waals surface area contributed by atoms with Gasteiger partial charge in [0, 0.05) is 6.07 Å². The molecule has 2 aromatic carbocycles. The number of sulfonamides is 1. The molecule has 130 valence electrons. The molecule has 1 N–H and O–H groups in total. The van der Waals surface area contributed by atoms with Crippen LogP contribution in [0.3, 0.4) is 0 Å². The standard InChI is InChI=1S/C14H10F5NO3S/c15-9-5-10(16)7-11(6-9)24(21,22)20-12-3-1-2-4-13(12)23-8-14(17,18)19/h1-7,20H,8H2. The third-order valence-corrected chi connectivity index (χ3v) is 4.01.